The van der Waals surface area contributed by atoms with Crippen LogP contribution in [0.4, 0.5) is 0 Å². The number of nitrogens with zero attached hydrogens (tertiary/aromatic N) is 1. The number of nitrogens with one attached hydrogen (secondary N) is 1. The van der Waals surface area contributed by atoms with E-state index < -0.39 is 5.41 Å². The van der Waals surface area contributed by atoms with E-state index in [9.17, 15) is 4.79 Å². The van der Waals surface area contributed by atoms with Gasteiger partial charge >= 0.3 is 0 Å². The van der Waals surface area contributed by atoms with E-state index in [-0.39, 0.29) is 11.7 Å². The molecular formula is C15H21N3O3. The second-order valence-electron chi connectivity index (χ2n) is 5.17. The van der Waals surface area contributed by atoms with Gasteiger partial charge in [0.05, 0.1) is 0 Å². The van der Waals surface area contributed by atoms with Crippen LogP contribution in [0.25, 0.3) is 0 Å². The number of amides is 1. The maximum Gasteiger partial charge on any atom is 0.234 e. The first-order chi connectivity index (χ1) is 10.2. The van der Waals surface area contributed by atoms with Crippen molar-refractivity contribution in [2.75, 3.05) is 19.8 Å². The SMILES string of the molecule is NC(=NO)C1(C(=O)NCCc2ccccc2)CCOCC1. The third-order valence-electron chi connectivity index (χ3n) is 3.92. The van der Waals surface area contributed by atoms with Gasteiger partial charge < -0.3 is 21.0 Å². The molecule has 1 fully saturated rings. The Labute approximate surface area is 124 Å². The van der Waals surface area contributed by atoms with Crippen LogP contribution >= 0.6 is 0 Å². The van der Waals surface area contributed by atoms with Crippen molar-refractivity contribution in [2.24, 2.45) is 16.3 Å². The highest BCUT2D eigenvalue weighted by atomic mass is 16.5. The molecule has 114 valence electrons. The zero-order valence-electron chi connectivity index (χ0n) is 11.9. The van der Waals surface area contributed by atoms with Crippen molar-refractivity contribution in [2.45, 2.75) is 19.3 Å². The molecule has 4 N–H and O–H groups in total. The molecule has 1 heterocycles. The fraction of sp³-hybridized carbons (Fsp3) is 0.467. The van der Waals surface area contributed by atoms with Crippen molar-refractivity contribution in [1.82, 2.24) is 5.32 Å². The minimum atomic E-state index is -0.955. The van der Waals surface area contributed by atoms with E-state index in [0.717, 1.165) is 12.0 Å². The molecule has 6 nitrogen and oxygen atoms in total. The number of nitrogens with two attached hydrogens (primary N) is 1. The number of benzene rings is 1. The Hall–Kier alpha value is -2.08. The molecule has 1 saturated heterocycles. The quantitative estimate of drug-likeness (QED) is 0.325. The summed E-state index contributed by atoms with van der Waals surface area (Å²) in [5.74, 6) is -0.236. The van der Waals surface area contributed by atoms with E-state index >= 15 is 0 Å². The monoisotopic (exact) mass is 291 g/mol. The molecule has 0 spiro atoms. The summed E-state index contributed by atoms with van der Waals surface area (Å²) in [6.45, 7) is 1.38. The number of carbonyl (C=O) groups excluding carboxylic acids is 1. The van der Waals surface area contributed by atoms with Crippen molar-refractivity contribution < 1.29 is 14.7 Å². The average Bonchev–Trinajstić information content (AvgIpc) is 2.55. The molecule has 0 saturated carbocycles. The van der Waals surface area contributed by atoms with Gasteiger partial charge in [-0.2, -0.15) is 0 Å². The zero-order valence-corrected chi connectivity index (χ0v) is 11.9. The Bertz CT molecular complexity index is 496. The normalized spacial score (nSPS) is 18.2. The molecule has 0 bridgehead atoms. The topological polar surface area (TPSA) is 96.9 Å². The molecule has 6 heteroatoms. The van der Waals surface area contributed by atoms with Crippen LogP contribution in [0.5, 0.6) is 0 Å². The van der Waals surface area contributed by atoms with Gasteiger partial charge in [0, 0.05) is 19.8 Å². The maximum atomic E-state index is 12.5. The van der Waals surface area contributed by atoms with Gasteiger partial charge in [-0.15, -0.1) is 0 Å². The predicted octanol–water partition coefficient (Wildman–Crippen LogP) is 0.889. The molecule has 0 aliphatic carbocycles. The molecule has 1 aliphatic rings. The fourth-order valence-electron chi connectivity index (χ4n) is 2.55. The Morgan fingerprint density at radius 3 is 2.62 bits per heavy atom. The van der Waals surface area contributed by atoms with Crippen LogP contribution in [-0.4, -0.2) is 36.7 Å². The number of hydrogen-bond acceptors (Lipinski definition) is 4. The van der Waals surface area contributed by atoms with E-state index in [1.54, 1.807) is 0 Å². The van der Waals surface area contributed by atoms with Crippen LogP contribution in [0.15, 0.2) is 35.5 Å². The summed E-state index contributed by atoms with van der Waals surface area (Å²) < 4.78 is 5.27. The van der Waals surface area contributed by atoms with E-state index in [2.05, 4.69) is 10.5 Å². The Balaban J connectivity index is 1.96. The largest absolute Gasteiger partial charge is 0.409 e. The van der Waals surface area contributed by atoms with Gasteiger partial charge in [-0.05, 0) is 24.8 Å². The molecule has 1 amide bonds. The lowest BCUT2D eigenvalue weighted by molar-refractivity contribution is -0.131. The first-order valence-corrected chi connectivity index (χ1v) is 7.07. The highest BCUT2D eigenvalue weighted by Crippen LogP contribution is 2.31. The number of amidine groups is 1. The standard InChI is InChI=1S/C15H21N3O3/c16-13(18-20)15(7-10-21-11-8-15)14(19)17-9-6-12-4-2-1-3-5-12/h1-5,20H,6-11H2,(H2,16,18)(H,17,19). The molecule has 0 unspecified atom stereocenters. The minimum Gasteiger partial charge on any atom is -0.409 e. The molecule has 1 aromatic rings. The lowest BCUT2D eigenvalue weighted by Gasteiger charge is -2.34. The zero-order chi connectivity index (χ0) is 15.1. The van der Waals surface area contributed by atoms with Crippen LogP contribution in [0.2, 0.25) is 0 Å². The molecule has 0 aromatic heterocycles. The minimum absolute atomic E-state index is 0.0389. The Morgan fingerprint density at radius 1 is 1.33 bits per heavy atom. The highest BCUT2D eigenvalue weighted by molar-refractivity contribution is 6.06. The van der Waals surface area contributed by atoms with E-state index in [1.165, 1.54) is 0 Å². The van der Waals surface area contributed by atoms with Gasteiger partial charge in [0.15, 0.2) is 5.84 Å². The van der Waals surface area contributed by atoms with E-state index in [4.69, 9.17) is 15.7 Å². The summed E-state index contributed by atoms with van der Waals surface area (Å²) >= 11 is 0. The lowest BCUT2D eigenvalue weighted by Crippen LogP contribution is -2.53. The van der Waals surface area contributed by atoms with Gasteiger partial charge in [-0.25, -0.2) is 0 Å². The summed E-state index contributed by atoms with van der Waals surface area (Å²) in [6, 6.07) is 9.92. The lowest BCUT2D eigenvalue weighted by atomic mass is 9.78. The molecular weight excluding hydrogens is 270 g/mol. The van der Waals surface area contributed by atoms with Crippen LogP contribution < -0.4 is 11.1 Å². The van der Waals surface area contributed by atoms with Crippen molar-refractivity contribution in [3.05, 3.63) is 35.9 Å². The predicted molar refractivity (Wildman–Crippen MR) is 79.1 cm³/mol. The molecule has 1 aliphatic heterocycles. The number of carbonyl (C=O) groups is 1. The molecule has 0 atom stereocenters. The summed E-state index contributed by atoms with van der Waals surface area (Å²) in [5.41, 5.74) is 5.95. The molecule has 2 rings (SSSR count). The van der Waals surface area contributed by atoms with Gasteiger partial charge in [-0.3, -0.25) is 4.79 Å². The molecule has 0 radical (unpaired) electrons. The summed E-state index contributed by atoms with van der Waals surface area (Å²) in [6.07, 6.45) is 1.61. The van der Waals surface area contributed by atoms with Crippen molar-refractivity contribution in [3.63, 3.8) is 0 Å². The third kappa shape index (κ3) is 3.52. The summed E-state index contributed by atoms with van der Waals surface area (Å²) in [5, 5.41) is 14.9. The van der Waals surface area contributed by atoms with E-state index in [0.29, 0.717) is 32.6 Å². The maximum absolute atomic E-state index is 12.5. The molecule has 1 aromatic carbocycles. The van der Waals surface area contributed by atoms with E-state index in [1.807, 2.05) is 30.3 Å². The number of oxime groups is 1. The first kappa shape index (κ1) is 15.3. The van der Waals surface area contributed by atoms with Gasteiger partial charge in [0.25, 0.3) is 0 Å². The van der Waals surface area contributed by atoms with Gasteiger partial charge in [0.2, 0.25) is 5.91 Å². The van der Waals surface area contributed by atoms with Crippen LogP contribution in [-0.2, 0) is 16.0 Å². The second-order valence-corrected chi connectivity index (χ2v) is 5.17. The highest BCUT2D eigenvalue weighted by Gasteiger charge is 2.44. The molecule has 21 heavy (non-hydrogen) atoms. The van der Waals surface area contributed by atoms with Crippen LogP contribution in [0.3, 0.4) is 0 Å². The van der Waals surface area contributed by atoms with Gasteiger partial charge in [-0.1, -0.05) is 35.5 Å². The Morgan fingerprint density at radius 2 is 2.00 bits per heavy atom. The second kappa shape index (κ2) is 7.08. The number of hydrogen-bond donors (Lipinski definition) is 3. The van der Waals surface area contributed by atoms with Crippen molar-refractivity contribution in [3.8, 4) is 0 Å². The average molecular weight is 291 g/mol. The van der Waals surface area contributed by atoms with Crippen molar-refractivity contribution >= 4 is 11.7 Å². The number of ether oxygens (including phenoxy) is 1. The fourth-order valence-corrected chi connectivity index (χ4v) is 2.55. The summed E-state index contributed by atoms with van der Waals surface area (Å²) in [7, 11) is 0. The van der Waals surface area contributed by atoms with Crippen LogP contribution in [0, 0.1) is 5.41 Å². The number of rotatable bonds is 5. The first-order valence-electron chi connectivity index (χ1n) is 7.07. The van der Waals surface area contributed by atoms with Gasteiger partial charge in [0.1, 0.15) is 5.41 Å². The Kier molecular flexibility index (Phi) is 5.16. The van der Waals surface area contributed by atoms with Crippen LogP contribution in [0.1, 0.15) is 18.4 Å². The smallest absolute Gasteiger partial charge is 0.234 e. The third-order valence-corrected chi connectivity index (χ3v) is 3.92. The summed E-state index contributed by atoms with van der Waals surface area (Å²) in [4.78, 5) is 12.5. The van der Waals surface area contributed by atoms with Crippen molar-refractivity contribution in [1.29, 1.82) is 0 Å².